The predicted molar refractivity (Wildman–Crippen MR) is 78.9 cm³/mol. The van der Waals surface area contributed by atoms with Crippen LogP contribution in [0.25, 0.3) is 5.57 Å². The molecule has 4 nitrogen and oxygen atoms in total. The summed E-state index contributed by atoms with van der Waals surface area (Å²) < 4.78 is 10.7. The maximum absolute atomic E-state index is 12.3. The van der Waals surface area contributed by atoms with Gasteiger partial charge in [0.25, 0.3) is 0 Å². The lowest BCUT2D eigenvalue weighted by Crippen LogP contribution is -2.27. The zero-order valence-electron chi connectivity index (χ0n) is 12.5. The summed E-state index contributed by atoms with van der Waals surface area (Å²) in [7, 11) is 3.23. The molecule has 4 heteroatoms. The van der Waals surface area contributed by atoms with E-state index in [1.807, 2.05) is 25.3 Å². The van der Waals surface area contributed by atoms with Crippen LogP contribution in [0.1, 0.15) is 31.4 Å². The molecule has 0 fully saturated rings. The van der Waals surface area contributed by atoms with Crippen molar-refractivity contribution in [2.75, 3.05) is 20.8 Å². The summed E-state index contributed by atoms with van der Waals surface area (Å²) in [5, 5.41) is 0. The number of carbonyl (C=O) groups is 1. The fraction of sp³-hybridized carbons (Fsp3) is 0.438. The third-order valence-corrected chi connectivity index (χ3v) is 3.51. The van der Waals surface area contributed by atoms with Crippen LogP contribution in [0.4, 0.5) is 0 Å². The summed E-state index contributed by atoms with van der Waals surface area (Å²) in [5.74, 6) is 1.48. The van der Waals surface area contributed by atoms with Gasteiger partial charge in [0.05, 0.1) is 20.6 Å². The molecule has 0 aromatic heterocycles. The van der Waals surface area contributed by atoms with E-state index < -0.39 is 0 Å². The second-order valence-corrected chi connectivity index (χ2v) is 4.94. The Bertz CT molecular complexity index is 549. The minimum absolute atomic E-state index is 0.122. The van der Waals surface area contributed by atoms with E-state index in [4.69, 9.17) is 9.47 Å². The van der Waals surface area contributed by atoms with E-state index in [0.717, 1.165) is 29.7 Å². The molecule has 0 unspecified atom stereocenters. The Morgan fingerprint density at radius 3 is 2.45 bits per heavy atom. The maximum atomic E-state index is 12.3. The fourth-order valence-corrected chi connectivity index (χ4v) is 2.50. The highest BCUT2D eigenvalue weighted by Gasteiger charge is 2.21. The molecule has 1 amide bonds. The molecule has 0 bridgehead atoms. The van der Waals surface area contributed by atoms with Crippen molar-refractivity contribution in [3.63, 3.8) is 0 Å². The first kappa shape index (κ1) is 14.4. The molecule has 2 rings (SSSR count). The molecule has 0 atom stereocenters. The number of allylic oxidation sites excluding steroid dienone is 1. The standard InChI is InChI=1S/C16H21NO3/c1-5-6-17-10-11(2)13-9-15(20-4)14(19-3)7-12(13)8-16(17)18/h7,9-10H,5-6,8H2,1-4H3. The average molecular weight is 275 g/mol. The highest BCUT2D eigenvalue weighted by atomic mass is 16.5. The zero-order valence-corrected chi connectivity index (χ0v) is 12.5. The molecule has 20 heavy (non-hydrogen) atoms. The molecular weight excluding hydrogens is 254 g/mol. The maximum Gasteiger partial charge on any atom is 0.230 e. The molecule has 0 N–H and O–H groups in total. The molecule has 1 aromatic rings. The fourth-order valence-electron chi connectivity index (χ4n) is 2.50. The third-order valence-electron chi connectivity index (χ3n) is 3.51. The van der Waals surface area contributed by atoms with Crippen LogP contribution in [0.15, 0.2) is 18.3 Å². The van der Waals surface area contributed by atoms with E-state index in [1.165, 1.54) is 0 Å². The molecule has 1 aromatic carbocycles. The van der Waals surface area contributed by atoms with Gasteiger partial charge < -0.3 is 14.4 Å². The van der Waals surface area contributed by atoms with E-state index in [0.29, 0.717) is 17.9 Å². The van der Waals surface area contributed by atoms with Crippen LogP contribution < -0.4 is 9.47 Å². The lowest BCUT2D eigenvalue weighted by Gasteiger charge is -2.16. The molecule has 0 saturated heterocycles. The predicted octanol–water partition coefficient (Wildman–Crippen LogP) is 2.86. The van der Waals surface area contributed by atoms with E-state index in [1.54, 1.807) is 19.1 Å². The molecule has 108 valence electrons. The number of fused-ring (bicyclic) bond motifs is 1. The summed E-state index contributed by atoms with van der Waals surface area (Å²) in [4.78, 5) is 14.1. The van der Waals surface area contributed by atoms with Gasteiger partial charge in [-0.15, -0.1) is 0 Å². The molecule has 1 aliphatic heterocycles. The van der Waals surface area contributed by atoms with Crippen molar-refractivity contribution >= 4 is 11.5 Å². The number of methoxy groups -OCH3 is 2. The van der Waals surface area contributed by atoms with Gasteiger partial charge >= 0.3 is 0 Å². The molecule has 0 saturated carbocycles. The summed E-state index contributed by atoms with van der Waals surface area (Å²) >= 11 is 0. The molecule has 1 heterocycles. The first-order chi connectivity index (χ1) is 9.60. The molecular formula is C16H21NO3. The number of carbonyl (C=O) groups excluding carboxylic acids is 1. The largest absolute Gasteiger partial charge is 0.493 e. The van der Waals surface area contributed by atoms with Crippen LogP contribution in [0.5, 0.6) is 11.5 Å². The number of hydrogen-bond donors (Lipinski definition) is 0. The van der Waals surface area contributed by atoms with Crippen LogP contribution >= 0.6 is 0 Å². The normalized spacial score (nSPS) is 14.5. The van der Waals surface area contributed by atoms with Gasteiger partial charge in [-0.3, -0.25) is 4.79 Å². The third kappa shape index (κ3) is 2.64. The Balaban J connectivity index is 2.50. The summed E-state index contributed by atoms with van der Waals surface area (Å²) in [6, 6.07) is 3.85. The van der Waals surface area contributed by atoms with E-state index >= 15 is 0 Å². The topological polar surface area (TPSA) is 38.8 Å². The van der Waals surface area contributed by atoms with Gasteiger partial charge in [0.2, 0.25) is 5.91 Å². The summed E-state index contributed by atoms with van der Waals surface area (Å²) in [6.45, 7) is 4.84. The van der Waals surface area contributed by atoms with Crippen molar-refractivity contribution in [2.45, 2.75) is 26.7 Å². The molecule has 0 radical (unpaired) electrons. The van der Waals surface area contributed by atoms with Gasteiger partial charge in [-0.25, -0.2) is 0 Å². The number of amides is 1. The SMILES string of the molecule is CCCN1C=C(C)c2cc(OC)c(OC)cc2CC1=O. The van der Waals surface area contributed by atoms with Crippen LogP contribution in [-0.4, -0.2) is 31.6 Å². The van der Waals surface area contributed by atoms with Crippen molar-refractivity contribution in [3.8, 4) is 11.5 Å². The number of nitrogens with zero attached hydrogens (tertiary/aromatic N) is 1. The Labute approximate surface area is 120 Å². The van der Waals surface area contributed by atoms with Crippen LogP contribution in [0, 0.1) is 0 Å². The lowest BCUT2D eigenvalue weighted by atomic mass is 9.99. The highest BCUT2D eigenvalue weighted by molar-refractivity contribution is 5.86. The van der Waals surface area contributed by atoms with E-state index in [9.17, 15) is 4.79 Å². The molecule has 0 spiro atoms. The van der Waals surface area contributed by atoms with Crippen LogP contribution in [-0.2, 0) is 11.2 Å². The van der Waals surface area contributed by atoms with Gasteiger partial charge in [-0.05, 0) is 42.2 Å². The first-order valence-electron chi connectivity index (χ1n) is 6.83. The summed E-state index contributed by atoms with van der Waals surface area (Å²) in [5.41, 5.74) is 3.11. The van der Waals surface area contributed by atoms with Gasteiger partial charge in [0.15, 0.2) is 11.5 Å². The van der Waals surface area contributed by atoms with Gasteiger partial charge in [0, 0.05) is 12.7 Å². The minimum atomic E-state index is 0.122. The van der Waals surface area contributed by atoms with Gasteiger partial charge in [0.1, 0.15) is 0 Å². The van der Waals surface area contributed by atoms with E-state index in [-0.39, 0.29) is 5.91 Å². The Hall–Kier alpha value is -1.97. The van der Waals surface area contributed by atoms with Crippen molar-refractivity contribution in [2.24, 2.45) is 0 Å². The zero-order chi connectivity index (χ0) is 14.7. The van der Waals surface area contributed by atoms with Crippen molar-refractivity contribution in [1.82, 2.24) is 4.90 Å². The van der Waals surface area contributed by atoms with Crippen molar-refractivity contribution in [3.05, 3.63) is 29.5 Å². The number of rotatable bonds is 4. The second-order valence-electron chi connectivity index (χ2n) is 4.94. The number of hydrogen-bond acceptors (Lipinski definition) is 3. The minimum Gasteiger partial charge on any atom is -0.493 e. The van der Waals surface area contributed by atoms with Gasteiger partial charge in [-0.1, -0.05) is 6.92 Å². The Morgan fingerprint density at radius 2 is 1.85 bits per heavy atom. The Morgan fingerprint density at radius 1 is 1.20 bits per heavy atom. The lowest BCUT2D eigenvalue weighted by molar-refractivity contribution is -0.127. The smallest absolute Gasteiger partial charge is 0.230 e. The summed E-state index contributed by atoms with van der Waals surface area (Å²) in [6.07, 6.45) is 3.27. The average Bonchev–Trinajstić information content (AvgIpc) is 2.55. The Kier molecular flexibility index (Phi) is 4.32. The monoisotopic (exact) mass is 275 g/mol. The van der Waals surface area contributed by atoms with Crippen molar-refractivity contribution in [1.29, 1.82) is 0 Å². The van der Waals surface area contributed by atoms with Crippen LogP contribution in [0.2, 0.25) is 0 Å². The van der Waals surface area contributed by atoms with Crippen molar-refractivity contribution < 1.29 is 14.3 Å². The highest BCUT2D eigenvalue weighted by Crippen LogP contribution is 2.35. The number of benzene rings is 1. The first-order valence-corrected chi connectivity index (χ1v) is 6.83. The van der Waals surface area contributed by atoms with Gasteiger partial charge in [-0.2, -0.15) is 0 Å². The number of ether oxygens (including phenoxy) is 2. The molecule has 0 aliphatic carbocycles. The van der Waals surface area contributed by atoms with E-state index in [2.05, 4.69) is 6.92 Å². The quantitative estimate of drug-likeness (QED) is 0.848. The molecule has 1 aliphatic rings. The van der Waals surface area contributed by atoms with Crippen LogP contribution in [0.3, 0.4) is 0 Å². The second kappa shape index (κ2) is 5.99.